The van der Waals surface area contributed by atoms with Crippen LogP contribution in [0.5, 0.6) is 0 Å². The topological polar surface area (TPSA) is 15.6 Å². The second-order valence-electron chi connectivity index (χ2n) is 8.79. The molecule has 0 unspecified atom stereocenters. The van der Waals surface area contributed by atoms with Gasteiger partial charge in [0.15, 0.2) is 0 Å². The Balaban J connectivity index is 1.49. The molecule has 0 radical (unpaired) electrons. The number of aliphatic imine (C=N–C) groups is 1. The van der Waals surface area contributed by atoms with Gasteiger partial charge in [0, 0.05) is 13.1 Å². The SMILES string of the molecule is CCc1ccccc1-c1ccc(Cc2cc(C)c(N=CN3CCCCC3)cc2C)cc1. The van der Waals surface area contributed by atoms with Crippen molar-refractivity contribution in [2.24, 2.45) is 4.99 Å². The fraction of sp³-hybridized carbons (Fsp3) is 0.345. The van der Waals surface area contributed by atoms with Crippen LogP contribution in [0.4, 0.5) is 5.69 Å². The van der Waals surface area contributed by atoms with Crippen LogP contribution < -0.4 is 0 Å². The van der Waals surface area contributed by atoms with Gasteiger partial charge in [0.05, 0.1) is 12.0 Å². The number of aryl methyl sites for hydroxylation is 3. The van der Waals surface area contributed by atoms with Crippen LogP contribution in [0.25, 0.3) is 11.1 Å². The molecule has 4 rings (SSSR count). The molecule has 0 saturated carbocycles. The van der Waals surface area contributed by atoms with Crippen LogP contribution in [-0.2, 0) is 12.8 Å². The zero-order valence-electron chi connectivity index (χ0n) is 19.2. The van der Waals surface area contributed by atoms with Gasteiger partial charge in [0.25, 0.3) is 0 Å². The van der Waals surface area contributed by atoms with Crippen molar-refractivity contribution in [3.63, 3.8) is 0 Å². The van der Waals surface area contributed by atoms with Crippen molar-refractivity contribution in [3.05, 3.63) is 88.5 Å². The number of hydrogen-bond acceptors (Lipinski definition) is 1. The number of likely N-dealkylation sites (tertiary alicyclic amines) is 1. The van der Waals surface area contributed by atoms with E-state index in [4.69, 9.17) is 4.99 Å². The zero-order chi connectivity index (χ0) is 21.6. The molecule has 2 nitrogen and oxygen atoms in total. The molecule has 0 amide bonds. The molecule has 1 aliphatic rings. The van der Waals surface area contributed by atoms with Crippen LogP contribution in [0.15, 0.2) is 65.7 Å². The highest BCUT2D eigenvalue weighted by atomic mass is 15.1. The van der Waals surface area contributed by atoms with Crippen LogP contribution in [-0.4, -0.2) is 24.3 Å². The van der Waals surface area contributed by atoms with Gasteiger partial charge in [-0.25, -0.2) is 4.99 Å². The number of nitrogens with zero attached hydrogens (tertiary/aromatic N) is 2. The summed E-state index contributed by atoms with van der Waals surface area (Å²) in [5.74, 6) is 0. The Bertz CT molecular complexity index is 1040. The molecule has 160 valence electrons. The van der Waals surface area contributed by atoms with E-state index in [0.717, 1.165) is 31.6 Å². The minimum absolute atomic E-state index is 0.957. The molecule has 1 saturated heterocycles. The number of piperidine rings is 1. The Labute approximate surface area is 187 Å². The first kappa shape index (κ1) is 21.4. The lowest BCUT2D eigenvalue weighted by molar-refractivity contribution is 0.351. The first-order valence-electron chi connectivity index (χ1n) is 11.7. The average Bonchev–Trinajstić information content (AvgIpc) is 2.81. The summed E-state index contributed by atoms with van der Waals surface area (Å²) < 4.78 is 0. The molecule has 0 bridgehead atoms. The molecule has 0 N–H and O–H groups in total. The summed E-state index contributed by atoms with van der Waals surface area (Å²) in [4.78, 5) is 7.15. The van der Waals surface area contributed by atoms with E-state index in [1.807, 2.05) is 6.34 Å². The summed E-state index contributed by atoms with van der Waals surface area (Å²) >= 11 is 0. The molecule has 0 aromatic heterocycles. The first-order chi connectivity index (χ1) is 15.1. The molecule has 31 heavy (non-hydrogen) atoms. The second kappa shape index (κ2) is 9.96. The van der Waals surface area contributed by atoms with Crippen LogP contribution in [0.1, 0.15) is 54.0 Å². The van der Waals surface area contributed by atoms with Gasteiger partial charge >= 0.3 is 0 Å². The van der Waals surface area contributed by atoms with Crippen molar-refractivity contribution < 1.29 is 0 Å². The number of benzene rings is 3. The largest absolute Gasteiger partial charge is 0.363 e. The van der Waals surface area contributed by atoms with E-state index in [1.165, 1.54) is 58.2 Å². The van der Waals surface area contributed by atoms with Crippen LogP contribution in [0, 0.1) is 13.8 Å². The summed E-state index contributed by atoms with van der Waals surface area (Å²) in [6.07, 6.45) is 7.98. The van der Waals surface area contributed by atoms with Gasteiger partial charge in [-0.1, -0.05) is 61.5 Å². The lowest BCUT2D eigenvalue weighted by atomic mass is 9.94. The molecule has 3 aromatic carbocycles. The highest BCUT2D eigenvalue weighted by molar-refractivity contribution is 5.68. The van der Waals surface area contributed by atoms with E-state index in [-0.39, 0.29) is 0 Å². The Kier molecular flexibility index (Phi) is 6.86. The van der Waals surface area contributed by atoms with Crippen molar-refractivity contribution in [2.45, 2.75) is 52.9 Å². The predicted octanol–water partition coefficient (Wildman–Crippen LogP) is 7.27. The summed E-state index contributed by atoms with van der Waals surface area (Å²) in [7, 11) is 0. The minimum Gasteiger partial charge on any atom is -0.363 e. The molecular formula is C29H34N2. The van der Waals surface area contributed by atoms with Crippen LogP contribution in [0.2, 0.25) is 0 Å². The molecule has 1 aliphatic heterocycles. The van der Waals surface area contributed by atoms with E-state index >= 15 is 0 Å². The van der Waals surface area contributed by atoms with E-state index in [9.17, 15) is 0 Å². The highest BCUT2D eigenvalue weighted by Gasteiger charge is 2.09. The smallest absolute Gasteiger partial charge is 0.0912 e. The normalized spacial score (nSPS) is 14.4. The maximum atomic E-state index is 4.80. The van der Waals surface area contributed by atoms with Gasteiger partial charge in [0.2, 0.25) is 0 Å². The molecule has 1 fully saturated rings. The third-order valence-corrected chi connectivity index (χ3v) is 6.46. The van der Waals surface area contributed by atoms with Gasteiger partial charge in [0.1, 0.15) is 0 Å². The molecule has 0 atom stereocenters. The van der Waals surface area contributed by atoms with E-state index in [0.29, 0.717) is 0 Å². The monoisotopic (exact) mass is 410 g/mol. The maximum Gasteiger partial charge on any atom is 0.0912 e. The Morgan fingerprint density at radius 1 is 0.839 bits per heavy atom. The maximum absolute atomic E-state index is 4.80. The molecule has 1 heterocycles. The summed E-state index contributed by atoms with van der Waals surface area (Å²) in [6.45, 7) is 8.88. The molecule has 3 aromatic rings. The number of hydrogen-bond donors (Lipinski definition) is 0. The lowest BCUT2D eigenvalue weighted by Crippen LogP contribution is -2.28. The first-order valence-corrected chi connectivity index (χ1v) is 11.7. The third kappa shape index (κ3) is 5.25. The van der Waals surface area contributed by atoms with Crippen molar-refractivity contribution in [1.82, 2.24) is 4.90 Å². The van der Waals surface area contributed by atoms with Gasteiger partial charge in [-0.05, 0) is 91.0 Å². The third-order valence-electron chi connectivity index (χ3n) is 6.46. The standard InChI is InChI=1S/C29H34N2/c1-4-25-10-6-7-11-28(25)26-14-12-24(13-15-26)20-27-18-23(3)29(19-22(27)2)30-21-31-16-8-5-9-17-31/h6-7,10-15,18-19,21H,4-5,8-9,16-17,20H2,1-3H3. The quantitative estimate of drug-likeness (QED) is 0.308. The van der Waals surface area contributed by atoms with E-state index < -0.39 is 0 Å². The number of rotatable bonds is 6. The van der Waals surface area contributed by atoms with Gasteiger partial charge in [-0.15, -0.1) is 0 Å². The fourth-order valence-electron chi connectivity index (χ4n) is 4.50. The van der Waals surface area contributed by atoms with Crippen molar-refractivity contribution in [3.8, 4) is 11.1 Å². The average molecular weight is 411 g/mol. The van der Waals surface area contributed by atoms with E-state index in [2.05, 4.69) is 86.3 Å². The Morgan fingerprint density at radius 3 is 2.32 bits per heavy atom. The lowest BCUT2D eigenvalue weighted by Gasteiger charge is -2.24. The van der Waals surface area contributed by atoms with Crippen molar-refractivity contribution in [1.29, 1.82) is 0 Å². The van der Waals surface area contributed by atoms with Crippen molar-refractivity contribution in [2.75, 3.05) is 13.1 Å². The van der Waals surface area contributed by atoms with E-state index in [1.54, 1.807) is 0 Å². The molecular weight excluding hydrogens is 376 g/mol. The summed E-state index contributed by atoms with van der Waals surface area (Å²) in [6, 6.07) is 22.4. The summed E-state index contributed by atoms with van der Waals surface area (Å²) in [5, 5.41) is 0. The van der Waals surface area contributed by atoms with Gasteiger partial charge in [-0.2, -0.15) is 0 Å². The Morgan fingerprint density at radius 2 is 1.58 bits per heavy atom. The van der Waals surface area contributed by atoms with Gasteiger partial charge < -0.3 is 4.90 Å². The fourth-order valence-corrected chi connectivity index (χ4v) is 4.50. The molecule has 0 spiro atoms. The van der Waals surface area contributed by atoms with Crippen molar-refractivity contribution >= 4 is 12.0 Å². The highest BCUT2D eigenvalue weighted by Crippen LogP contribution is 2.27. The predicted molar refractivity (Wildman–Crippen MR) is 134 cm³/mol. The molecule has 0 aliphatic carbocycles. The minimum atomic E-state index is 0.957. The van der Waals surface area contributed by atoms with Crippen LogP contribution >= 0.6 is 0 Å². The van der Waals surface area contributed by atoms with Crippen LogP contribution in [0.3, 0.4) is 0 Å². The Hall–Kier alpha value is -2.87. The summed E-state index contributed by atoms with van der Waals surface area (Å²) in [5.41, 5.74) is 10.5. The van der Waals surface area contributed by atoms with Gasteiger partial charge in [-0.3, -0.25) is 0 Å². The molecule has 2 heteroatoms. The zero-order valence-corrected chi connectivity index (χ0v) is 19.2. The second-order valence-corrected chi connectivity index (χ2v) is 8.79.